The second-order valence-electron chi connectivity index (χ2n) is 11.0. The van der Waals surface area contributed by atoms with E-state index < -0.39 is 12.0 Å². The van der Waals surface area contributed by atoms with Crippen LogP contribution in [0.15, 0.2) is 87.8 Å². The lowest BCUT2D eigenvalue weighted by atomic mass is 9.92. The third kappa shape index (κ3) is 7.09. The normalized spacial score (nSPS) is 14.7. The number of aromatic nitrogens is 1. The average Bonchev–Trinajstić information content (AvgIpc) is 3.34. The molecule has 0 saturated carbocycles. The van der Waals surface area contributed by atoms with Crippen LogP contribution >= 0.6 is 33.9 Å². The van der Waals surface area contributed by atoms with Crippen molar-refractivity contribution in [3.05, 3.63) is 124 Å². The number of halogens is 1. The van der Waals surface area contributed by atoms with E-state index in [-0.39, 0.29) is 12.2 Å². The molecule has 0 bridgehead atoms. The van der Waals surface area contributed by atoms with Gasteiger partial charge < -0.3 is 14.2 Å². The van der Waals surface area contributed by atoms with Crippen molar-refractivity contribution in [2.45, 2.75) is 59.1 Å². The monoisotopic (exact) mass is 736 g/mol. The molecule has 9 heteroatoms. The fourth-order valence-corrected chi connectivity index (χ4v) is 7.14. The van der Waals surface area contributed by atoms with Gasteiger partial charge >= 0.3 is 5.97 Å². The van der Waals surface area contributed by atoms with Crippen molar-refractivity contribution < 1.29 is 19.0 Å². The Hall–Kier alpha value is -3.70. The fraction of sp³-hybridized carbons (Fsp3) is 0.306. The number of carbonyl (C=O) groups is 1. The summed E-state index contributed by atoms with van der Waals surface area (Å²) in [5.74, 6) is 1.14. The van der Waals surface area contributed by atoms with Crippen LogP contribution in [0.3, 0.4) is 0 Å². The van der Waals surface area contributed by atoms with Crippen molar-refractivity contribution >= 4 is 46.0 Å². The molecule has 1 aliphatic rings. The van der Waals surface area contributed by atoms with Crippen molar-refractivity contribution in [2.24, 2.45) is 4.99 Å². The zero-order chi connectivity index (χ0) is 32.1. The summed E-state index contributed by atoms with van der Waals surface area (Å²) >= 11 is 3.55. The Morgan fingerprint density at radius 2 is 1.82 bits per heavy atom. The first kappa shape index (κ1) is 32.7. The summed E-state index contributed by atoms with van der Waals surface area (Å²) in [5.41, 5.74) is 4.75. The maximum atomic E-state index is 14.2. The van der Waals surface area contributed by atoms with Crippen LogP contribution < -0.4 is 24.4 Å². The van der Waals surface area contributed by atoms with Crippen molar-refractivity contribution in [3.63, 3.8) is 0 Å². The van der Waals surface area contributed by atoms with Crippen molar-refractivity contribution in [1.29, 1.82) is 0 Å². The number of hydrogen-bond acceptors (Lipinski definition) is 7. The lowest BCUT2D eigenvalue weighted by molar-refractivity contribution is -0.139. The number of benzene rings is 3. The van der Waals surface area contributed by atoms with E-state index in [2.05, 4.69) is 55.5 Å². The molecule has 0 spiro atoms. The molecule has 2 heterocycles. The summed E-state index contributed by atoms with van der Waals surface area (Å²) < 4.78 is 20.4. The molecule has 0 saturated heterocycles. The second kappa shape index (κ2) is 14.6. The standard InChI is InChI=1S/C36H37IN2O5S/c1-6-11-28-31(35(41)43-7-2)32(26-16-14-25(15-17-26)22(3)4)39-34(40)30(45-36(39)38-28)20-24-18-27(37)33(29(19-24)42-5)44-21-23-12-9-8-10-13-23/h8-10,12-20,22,32H,6-7,11,21H2,1-5H3/b30-20-/t32-/m1/s1. The highest BCUT2D eigenvalue weighted by molar-refractivity contribution is 14.1. The molecule has 1 aromatic heterocycles. The predicted octanol–water partition coefficient (Wildman–Crippen LogP) is 6.89. The highest BCUT2D eigenvalue weighted by Gasteiger charge is 2.34. The molecule has 4 aromatic rings. The Morgan fingerprint density at radius 3 is 2.47 bits per heavy atom. The van der Waals surface area contributed by atoms with Gasteiger partial charge in [0.1, 0.15) is 6.61 Å². The predicted molar refractivity (Wildman–Crippen MR) is 187 cm³/mol. The van der Waals surface area contributed by atoms with E-state index in [1.54, 1.807) is 18.6 Å². The van der Waals surface area contributed by atoms with E-state index in [4.69, 9.17) is 19.2 Å². The summed E-state index contributed by atoms with van der Waals surface area (Å²) in [4.78, 5) is 33.1. The molecule has 0 amide bonds. The topological polar surface area (TPSA) is 79.1 Å². The van der Waals surface area contributed by atoms with Crippen molar-refractivity contribution in [2.75, 3.05) is 13.7 Å². The lowest BCUT2D eigenvalue weighted by Gasteiger charge is -2.26. The lowest BCUT2D eigenvalue weighted by Crippen LogP contribution is -2.40. The number of methoxy groups -OCH3 is 1. The minimum Gasteiger partial charge on any atom is -0.493 e. The van der Waals surface area contributed by atoms with Gasteiger partial charge in [0.15, 0.2) is 16.3 Å². The molecule has 45 heavy (non-hydrogen) atoms. The zero-order valence-electron chi connectivity index (χ0n) is 26.1. The Labute approximate surface area is 281 Å². The molecule has 1 aliphatic heterocycles. The number of fused-ring (bicyclic) bond motifs is 1. The molecule has 0 N–H and O–H groups in total. The first-order chi connectivity index (χ1) is 21.7. The molecule has 234 valence electrons. The Balaban J connectivity index is 1.62. The van der Waals surface area contributed by atoms with Crippen LogP contribution in [0.5, 0.6) is 11.5 Å². The van der Waals surface area contributed by atoms with Gasteiger partial charge in [0.05, 0.1) is 39.1 Å². The van der Waals surface area contributed by atoms with E-state index in [0.717, 1.165) is 26.7 Å². The maximum Gasteiger partial charge on any atom is 0.338 e. The molecule has 0 radical (unpaired) electrons. The van der Waals surface area contributed by atoms with Crippen molar-refractivity contribution in [1.82, 2.24) is 4.57 Å². The minimum atomic E-state index is -0.645. The van der Waals surface area contributed by atoms with E-state index in [1.807, 2.05) is 60.7 Å². The summed E-state index contributed by atoms with van der Waals surface area (Å²) in [6.45, 7) is 8.75. The number of esters is 1. The average molecular weight is 737 g/mol. The van der Waals surface area contributed by atoms with Gasteiger partial charge in [-0.1, -0.05) is 93.1 Å². The van der Waals surface area contributed by atoms with Gasteiger partial charge in [-0.05, 0) is 82.3 Å². The molecular weight excluding hydrogens is 699 g/mol. The molecule has 1 atom stereocenters. The van der Waals surface area contributed by atoms with Gasteiger partial charge in [-0.25, -0.2) is 9.79 Å². The van der Waals surface area contributed by atoms with Gasteiger partial charge in [-0.2, -0.15) is 0 Å². The fourth-order valence-electron chi connectivity index (χ4n) is 5.34. The minimum absolute atomic E-state index is 0.215. The third-order valence-electron chi connectivity index (χ3n) is 7.59. The van der Waals surface area contributed by atoms with Crippen LogP contribution in [0.4, 0.5) is 0 Å². The summed E-state index contributed by atoms with van der Waals surface area (Å²) in [5, 5.41) is 0. The van der Waals surface area contributed by atoms with Crippen LogP contribution in [0.1, 0.15) is 74.8 Å². The van der Waals surface area contributed by atoms with E-state index in [9.17, 15) is 9.59 Å². The quantitative estimate of drug-likeness (QED) is 0.124. The molecular formula is C36H37IN2O5S. The van der Waals surface area contributed by atoms with Crippen LogP contribution in [0, 0.1) is 3.57 Å². The number of thiazole rings is 1. The molecule has 7 nitrogen and oxygen atoms in total. The van der Waals surface area contributed by atoms with E-state index in [1.165, 1.54) is 16.9 Å². The van der Waals surface area contributed by atoms with Crippen LogP contribution in [0.2, 0.25) is 0 Å². The van der Waals surface area contributed by atoms with Gasteiger partial charge in [-0.15, -0.1) is 0 Å². The first-order valence-electron chi connectivity index (χ1n) is 15.1. The summed E-state index contributed by atoms with van der Waals surface area (Å²) in [6, 6.07) is 21.3. The largest absolute Gasteiger partial charge is 0.493 e. The number of rotatable bonds is 11. The van der Waals surface area contributed by atoms with Gasteiger partial charge in [0.2, 0.25) is 0 Å². The molecule has 3 aromatic carbocycles. The number of hydrogen-bond donors (Lipinski definition) is 0. The van der Waals surface area contributed by atoms with Gasteiger partial charge in [-0.3, -0.25) is 9.36 Å². The Kier molecular flexibility index (Phi) is 10.6. The van der Waals surface area contributed by atoms with Crippen LogP contribution in [-0.4, -0.2) is 24.3 Å². The maximum absolute atomic E-state index is 14.2. The van der Waals surface area contributed by atoms with E-state index >= 15 is 0 Å². The third-order valence-corrected chi connectivity index (χ3v) is 9.37. The molecule has 0 unspecified atom stereocenters. The molecule has 5 rings (SSSR count). The van der Waals surface area contributed by atoms with E-state index in [0.29, 0.717) is 51.0 Å². The Bertz CT molecular complexity index is 1890. The first-order valence-corrected chi connectivity index (χ1v) is 17.0. The number of allylic oxidation sites excluding steroid dienone is 1. The summed E-state index contributed by atoms with van der Waals surface area (Å²) in [6.07, 6.45) is 3.24. The zero-order valence-corrected chi connectivity index (χ0v) is 29.1. The van der Waals surface area contributed by atoms with Crippen LogP contribution in [-0.2, 0) is 16.1 Å². The SMILES string of the molecule is CCCC1=C(C(=O)OCC)[C@@H](c2ccc(C(C)C)cc2)n2c(s/c(=C\c3cc(I)c(OCc4ccccc4)c(OC)c3)c2=O)=N1. The number of nitrogens with zero attached hydrogens (tertiary/aromatic N) is 2. The summed E-state index contributed by atoms with van der Waals surface area (Å²) in [7, 11) is 1.61. The van der Waals surface area contributed by atoms with Gasteiger partial charge in [0.25, 0.3) is 5.56 Å². The highest BCUT2D eigenvalue weighted by atomic mass is 127. The Morgan fingerprint density at radius 1 is 1.09 bits per heavy atom. The number of carbonyl (C=O) groups excluding carboxylic acids is 1. The highest BCUT2D eigenvalue weighted by Crippen LogP contribution is 2.35. The molecule has 0 aliphatic carbocycles. The second-order valence-corrected chi connectivity index (χ2v) is 13.2. The van der Waals surface area contributed by atoms with Crippen LogP contribution in [0.25, 0.3) is 6.08 Å². The van der Waals surface area contributed by atoms with Gasteiger partial charge in [0, 0.05) is 0 Å². The van der Waals surface area contributed by atoms with Crippen molar-refractivity contribution in [3.8, 4) is 11.5 Å². The molecule has 0 fully saturated rings. The smallest absolute Gasteiger partial charge is 0.338 e. The number of ether oxygens (including phenoxy) is 3.